The van der Waals surface area contributed by atoms with Crippen LogP contribution in [0.3, 0.4) is 0 Å². The first-order chi connectivity index (χ1) is 9.33. The zero-order chi connectivity index (χ0) is 13.1. The van der Waals surface area contributed by atoms with Gasteiger partial charge in [0, 0.05) is 18.0 Å². The number of aromatic nitrogens is 1. The van der Waals surface area contributed by atoms with Gasteiger partial charge < -0.3 is 0 Å². The Morgan fingerprint density at radius 1 is 0.947 bits per heavy atom. The van der Waals surface area contributed by atoms with Gasteiger partial charge in [-0.2, -0.15) is 0 Å². The van der Waals surface area contributed by atoms with E-state index in [1.165, 1.54) is 10.8 Å². The molecular weight excluding hydrogens is 256 g/mol. The lowest BCUT2D eigenvalue weighted by Crippen LogP contribution is -1.84. The van der Waals surface area contributed by atoms with Gasteiger partial charge in [0.05, 0.1) is 5.02 Å². The SMILES string of the molecule is Clc1ccc(N=Cc2cccc3ccccc23)nc1. The fraction of sp³-hybridized carbons (Fsp3) is 0. The maximum absolute atomic E-state index is 5.79. The van der Waals surface area contributed by atoms with Gasteiger partial charge in [0.15, 0.2) is 5.82 Å². The third kappa shape index (κ3) is 2.64. The number of rotatable bonds is 2. The van der Waals surface area contributed by atoms with Crippen molar-refractivity contribution in [1.82, 2.24) is 4.98 Å². The number of hydrogen-bond acceptors (Lipinski definition) is 2. The number of halogens is 1. The molecule has 3 aromatic rings. The predicted molar refractivity (Wildman–Crippen MR) is 80.4 cm³/mol. The van der Waals surface area contributed by atoms with E-state index in [4.69, 9.17) is 11.6 Å². The molecule has 3 rings (SSSR count). The van der Waals surface area contributed by atoms with Gasteiger partial charge in [0.2, 0.25) is 0 Å². The molecule has 0 aliphatic heterocycles. The molecule has 2 aromatic carbocycles. The molecule has 0 saturated carbocycles. The Labute approximate surface area is 116 Å². The summed E-state index contributed by atoms with van der Waals surface area (Å²) in [6.07, 6.45) is 3.43. The monoisotopic (exact) mass is 266 g/mol. The summed E-state index contributed by atoms with van der Waals surface area (Å²) in [4.78, 5) is 8.52. The van der Waals surface area contributed by atoms with Gasteiger partial charge in [0.25, 0.3) is 0 Å². The molecule has 92 valence electrons. The number of pyridine rings is 1. The molecular formula is C16H11ClN2. The van der Waals surface area contributed by atoms with Crippen molar-refractivity contribution in [2.45, 2.75) is 0 Å². The van der Waals surface area contributed by atoms with Crippen molar-refractivity contribution >= 4 is 34.4 Å². The third-order valence-electron chi connectivity index (χ3n) is 2.87. The zero-order valence-corrected chi connectivity index (χ0v) is 10.9. The average molecular weight is 267 g/mol. The first-order valence-corrected chi connectivity index (χ1v) is 6.34. The molecule has 0 saturated heterocycles. The fourth-order valence-electron chi connectivity index (χ4n) is 1.94. The van der Waals surface area contributed by atoms with Crippen molar-refractivity contribution in [3.05, 3.63) is 71.4 Å². The summed E-state index contributed by atoms with van der Waals surface area (Å²) < 4.78 is 0. The fourth-order valence-corrected chi connectivity index (χ4v) is 2.05. The Morgan fingerprint density at radius 2 is 1.79 bits per heavy atom. The van der Waals surface area contributed by atoms with Crippen molar-refractivity contribution in [3.63, 3.8) is 0 Å². The van der Waals surface area contributed by atoms with Crippen LogP contribution in [0.1, 0.15) is 5.56 Å². The normalized spacial score (nSPS) is 11.2. The van der Waals surface area contributed by atoms with Crippen LogP contribution in [0.2, 0.25) is 5.02 Å². The summed E-state index contributed by atoms with van der Waals surface area (Å²) in [5, 5.41) is 3.00. The van der Waals surface area contributed by atoms with Crippen LogP contribution in [-0.2, 0) is 0 Å². The maximum Gasteiger partial charge on any atom is 0.151 e. The highest BCUT2D eigenvalue weighted by Gasteiger charge is 1.97. The lowest BCUT2D eigenvalue weighted by atomic mass is 10.1. The van der Waals surface area contributed by atoms with E-state index >= 15 is 0 Å². The van der Waals surface area contributed by atoms with Crippen molar-refractivity contribution in [3.8, 4) is 0 Å². The Morgan fingerprint density at radius 3 is 2.63 bits per heavy atom. The largest absolute Gasteiger partial charge is 0.237 e. The van der Waals surface area contributed by atoms with Gasteiger partial charge in [-0.25, -0.2) is 9.98 Å². The van der Waals surface area contributed by atoms with E-state index in [1.807, 2.05) is 30.5 Å². The molecule has 1 aromatic heterocycles. The van der Waals surface area contributed by atoms with Gasteiger partial charge in [-0.05, 0) is 22.9 Å². The molecule has 2 nitrogen and oxygen atoms in total. The molecule has 1 heterocycles. The summed E-state index contributed by atoms with van der Waals surface area (Å²) in [6.45, 7) is 0. The van der Waals surface area contributed by atoms with Crippen LogP contribution in [0.25, 0.3) is 10.8 Å². The van der Waals surface area contributed by atoms with E-state index < -0.39 is 0 Å². The van der Waals surface area contributed by atoms with Crippen molar-refractivity contribution in [1.29, 1.82) is 0 Å². The van der Waals surface area contributed by atoms with E-state index in [-0.39, 0.29) is 0 Å². The van der Waals surface area contributed by atoms with Gasteiger partial charge >= 0.3 is 0 Å². The lowest BCUT2D eigenvalue weighted by Gasteiger charge is -2.01. The van der Waals surface area contributed by atoms with E-state index in [1.54, 1.807) is 18.3 Å². The highest BCUT2D eigenvalue weighted by Crippen LogP contribution is 2.18. The van der Waals surface area contributed by atoms with Crippen LogP contribution in [0.15, 0.2) is 65.8 Å². The predicted octanol–water partition coefficient (Wildman–Crippen LogP) is 4.64. The van der Waals surface area contributed by atoms with E-state index in [9.17, 15) is 0 Å². The smallest absolute Gasteiger partial charge is 0.151 e. The van der Waals surface area contributed by atoms with E-state index in [0.29, 0.717) is 10.8 Å². The zero-order valence-electron chi connectivity index (χ0n) is 10.1. The van der Waals surface area contributed by atoms with Gasteiger partial charge in [-0.1, -0.05) is 54.1 Å². The molecule has 0 N–H and O–H groups in total. The molecule has 0 unspecified atom stereocenters. The Balaban J connectivity index is 1.99. The topological polar surface area (TPSA) is 25.2 Å². The summed E-state index contributed by atoms with van der Waals surface area (Å²) in [5.41, 5.74) is 1.08. The first kappa shape index (κ1) is 11.9. The molecule has 0 aliphatic carbocycles. The molecule has 3 heteroatoms. The van der Waals surface area contributed by atoms with E-state index in [0.717, 1.165) is 5.56 Å². The number of hydrogen-bond donors (Lipinski definition) is 0. The molecule has 0 atom stereocenters. The highest BCUT2D eigenvalue weighted by molar-refractivity contribution is 6.30. The molecule has 0 radical (unpaired) electrons. The molecule has 0 bridgehead atoms. The number of nitrogens with zero attached hydrogens (tertiary/aromatic N) is 2. The van der Waals surface area contributed by atoms with Gasteiger partial charge in [-0.3, -0.25) is 0 Å². The van der Waals surface area contributed by atoms with Crippen LogP contribution < -0.4 is 0 Å². The van der Waals surface area contributed by atoms with Crippen molar-refractivity contribution < 1.29 is 0 Å². The van der Waals surface area contributed by atoms with Crippen LogP contribution in [0.5, 0.6) is 0 Å². The number of fused-ring (bicyclic) bond motifs is 1. The number of benzene rings is 2. The van der Waals surface area contributed by atoms with Gasteiger partial charge in [-0.15, -0.1) is 0 Å². The summed E-state index contributed by atoms with van der Waals surface area (Å²) in [7, 11) is 0. The highest BCUT2D eigenvalue weighted by atomic mass is 35.5. The van der Waals surface area contributed by atoms with Crippen LogP contribution in [0, 0.1) is 0 Å². The summed E-state index contributed by atoms with van der Waals surface area (Å²) >= 11 is 5.79. The minimum Gasteiger partial charge on any atom is -0.237 e. The van der Waals surface area contributed by atoms with Crippen LogP contribution in [0.4, 0.5) is 5.82 Å². The van der Waals surface area contributed by atoms with Crippen LogP contribution >= 0.6 is 11.6 Å². The molecule has 0 fully saturated rings. The lowest BCUT2D eigenvalue weighted by molar-refractivity contribution is 1.28. The minimum absolute atomic E-state index is 0.615. The third-order valence-corrected chi connectivity index (χ3v) is 3.09. The van der Waals surface area contributed by atoms with Crippen molar-refractivity contribution in [2.75, 3.05) is 0 Å². The summed E-state index contributed by atoms with van der Waals surface area (Å²) in [6, 6.07) is 18.0. The molecule has 0 aliphatic rings. The molecule has 0 spiro atoms. The standard InChI is InChI=1S/C16H11ClN2/c17-14-8-9-16(19-11-14)18-10-13-6-3-5-12-4-1-2-7-15(12)13/h1-11H. The van der Waals surface area contributed by atoms with Crippen molar-refractivity contribution in [2.24, 2.45) is 4.99 Å². The second-order valence-electron chi connectivity index (χ2n) is 4.16. The minimum atomic E-state index is 0.615. The first-order valence-electron chi connectivity index (χ1n) is 5.96. The second-order valence-corrected chi connectivity index (χ2v) is 4.60. The van der Waals surface area contributed by atoms with E-state index in [2.05, 4.69) is 28.2 Å². The number of aliphatic imine (C=N–C) groups is 1. The molecule has 0 amide bonds. The quantitative estimate of drug-likeness (QED) is 0.621. The maximum atomic E-state index is 5.79. The second kappa shape index (κ2) is 5.21. The molecule has 19 heavy (non-hydrogen) atoms. The summed E-state index contributed by atoms with van der Waals surface area (Å²) in [5.74, 6) is 0.650. The van der Waals surface area contributed by atoms with Crippen LogP contribution in [-0.4, -0.2) is 11.2 Å². The Bertz CT molecular complexity index is 728. The van der Waals surface area contributed by atoms with Gasteiger partial charge in [0.1, 0.15) is 0 Å². The Kier molecular flexibility index (Phi) is 3.25. The average Bonchev–Trinajstić information content (AvgIpc) is 2.47. The Hall–Kier alpha value is -2.19.